The second kappa shape index (κ2) is 5.89. The predicted molar refractivity (Wildman–Crippen MR) is 74.0 cm³/mol. The van der Waals surface area contributed by atoms with Crippen molar-refractivity contribution in [2.45, 2.75) is 11.8 Å². The summed E-state index contributed by atoms with van der Waals surface area (Å²) in [5.74, 6) is -0.727. The molecule has 0 aliphatic heterocycles. The molecule has 2 aromatic rings. The van der Waals surface area contributed by atoms with Crippen LogP contribution in [-0.2, 0) is 10.0 Å². The van der Waals surface area contributed by atoms with Gasteiger partial charge < -0.3 is 11.1 Å². The number of carbonyl (C=O) groups excluding carboxylic acids is 1. The Kier molecular flexibility index (Phi) is 4.19. The molecule has 1 heterocycles. The van der Waals surface area contributed by atoms with Crippen molar-refractivity contribution in [3.63, 3.8) is 0 Å². The van der Waals surface area contributed by atoms with Crippen LogP contribution >= 0.6 is 0 Å². The molecule has 0 bridgehead atoms. The molecule has 0 aliphatic carbocycles. The number of nitrogen functional groups attached to an aromatic ring is 1. The minimum atomic E-state index is -3.53. The maximum absolute atomic E-state index is 11.8. The zero-order valence-corrected chi connectivity index (χ0v) is 11.8. The standard InChI is InChI=1S/C11H13N5O4S/c1-2-13-21(18,19)8-5-3-7(4-6-8)14-11(17)9-10(12)16-20-15-9/h3-6,13H,2H2,1H3,(H2,12,16)(H,14,17). The van der Waals surface area contributed by atoms with Crippen molar-refractivity contribution in [1.82, 2.24) is 15.0 Å². The van der Waals surface area contributed by atoms with Crippen molar-refractivity contribution in [1.29, 1.82) is 0 Å². The number of aromatic nitrogens is 2. The second-order valence-corrected chi connectivity index (χ2v) is 5.74. The van der Waals surface area contributed by atoms with Gasteiger partial charge in [0.2, 0.25) is 21.5 Å². The fourth-order valence-electron chi connectivity index (χ4n) is 1.53. The Bertz CT molecular complexity index is 738. The molecule has 0 unspecified atom stereocenters. The van der Waals surface area contributed by atoms with Crippen molar-refractivity contribution in [2.24, 2.45) is 0 Å². The van der Waals surface area contributed by atoms with Crippen molar-refractivity contribution < 1.29 is 17.8 Å². The summed E-state index contributed by atoms with van der Waals surface area (Å²) in [6.07, 6.45) is 0. The minimum Gasteiger partial charge on any atom is -0.379 e. The van der Waals surface area contributed by atoms with Gasteiger partial charge in [-0.15, -0.1) is 0 Å². The Morgan fingerprint density at radius 1 is 1.29 bits per heavy atom. The van der Waals surface area contributed by atoms with Crippen LogP contribution in [0.15, 0.2) is 33.8 Å². The van der Waals surface area contributed by atoms with Gasteiger partial charge >= 0.3 is 0 Å². The van der Waals surface area contributed by atoms with Crippen LogP contribution in [0.4, 0.5) is 11.5 Å². The van der Waals surface area contributed by atoms with E-state index < -0.39 is 15.9 Å². The first kappa shape index (κ1) is 14.9. The predicted octanol–water partition coefficient (Wildman–Crippen LogP) is 0.202. The van der Waals surface area contributed by atoms with Crippen LogP contribution in [0.3, 0.4) is 0 Å². The molecule has 1 aromatic heterocycles. The van der Waals surface area contributed by atoms with E-state index in [0.717, 1.165) is 0 Å². The second-order valence-electron chi connectivity index (χ2n) is 3.98. The fraction of sp³-hybridized carbons (Fsp3) is 0.182. The lowest BCUT2D eigenvalue weighted by Crippen LogP contribution is -2.23. The average Bonchev–Trinajstić information content (AvgIpc) is 2.85. The number of benzene rings is 1. The summed E-state index contributed by atoms with van der Waals surface area (Å²) in [5.41, 5.74) is 5.64. The Morgan fingerprint density at radius 3 is 2.48 bits per heavy atom. The Balaban J connectivity index is 2.13. The molecule has 10 heteroatoms. The molecule has 0 radical (unpaired) electrons. The van der Waals surface area contributed by atoms with E-state index >= 15 is 0 Å². The van der Waals surface area contributed by atoms with E-state index in [4.69, 9.17) is 5.73 Å². The highest BCUT2D eigenvalue weighted by Gasteiger charge is 2.17. The van der Waals surface area contributed by atoms with E-state index in [-0.39, 0.29) is 16.4 Å². The molecular formula is C11H13N5O4S. The SMILES string of the molecule is CCNS(=O)(=O)c1ccc(NC(=O)c2nonc2N)cc1. The molecule has 1 amide bonds. The number of amides is 1. The maximum atomic E-state index is 11.8. The van der Waals surface area contributed by atoms with Crippen LogP contribution in [0.25, 0.3) is 0 Å². The van der Waals surface area contributed by atoms with Gasteiger partial charge in [-0.25, -0.2) is 17.8 Å². The highest BCUT2D eigenvalue weighted by molar-refractivity contribution is 7.89. The molecule has 112 valence electrons. The summed E-state index contributed by atoms with van der Waals surface area (Å²) in [7, 11) is -3.53. The number of hydrogen-bond donors (Lipinski definition) is 3. The number of nitrogens with zero attached hydrogens (tertiary/aromatic N) is 2. The van der Waals surface area contributed by atoms with Crippen LogP contribution in [0, 0.1) is 0 Å². The third kappa shape index (κ3) is 3.35. The summed E-state index contributed by atoms with van der Waals surface area (Å²) in [6.45, 7) is 1.97. The van der Waals surface area contributed by atoms with Crippen molar-refractivity contribution in [2.75, 3.05) is 17.6 Å². The first-order chi connectivity index (χ1) is 9.94. The number of nitrogens with two attached hydrogens (primary N) is 1. The lowest BCUT2D eigenvalue weighted by Gasteiger charge is -2.06. The molecule has 0 spiro atoms. The molecule has 0 saturated heterocycles. The Hall–Kier alpha value is -2.46. The fourth-order valence-corrected chi connectivity index (χ4v) is 2.58. The van der Waals surface area contributed by atoms with E-state index in [1.807, 2.05) is 0 Å². The largest absolute Gasteiger partial charge is 0.379 e. The number of sulfonamides is 1. The molecule has 2 rings (SSSR count). The van der Waals surface area contributed by atoms with Crippen LogP contribution in [0.1, 0.15) is 17.4 Å². The average molecular weight is 311 g/mol. The Labute approximate surface area is 120 Å². The zero-order chi connectivity index (χ0) is 15.5. The third-order valence-corrected chi connectivity index (χ3v) is 4.05. The molecule has 4 N–H and O–H groups in total. The van der Waals surface area contributed by atoms with Crippen molar-refractivity contribution >= 4 is 27.4 Å². The van der Waals surface area contributed by atoms with Gasteiger partial charge in [-0.2, -0.15) is 0 Å². The van der Waals surface area contributed by atoms with Gasteiger partial charge in [0.25, 0.3) is 5.91 Å². The molecular weight excluding hydrogens is 298 g/mol. The third-order valence-electron chi connectivity index (χ3n) is 2.49. The maximum Gasteiger partial charge on any atom is 0.281 e. The molecule has 9 nitrogen and oxygen atoms in total. The number of carbonyl (C=O) groups is 1. The van der Waals surface area contributed by atoms with E-state index in [1.54, 1.807) is 6.92 Å². The van der Waals surface area contributed by atoms with E-state index in [0.29, 0.717) is 12.2 Å². The quantitative estimate of drug-likeness (QED) is 0.716. The Morgan fingerprint density at radius 2 is 1.95 bits per heavy atom. The van der Waals surface area contributed by atoms with Gasteiger partial charge in [-0.1, -0.05) is 6.92 Å². The zero-order valence-electron chi connectivity index (χ0n) is 11.0. The lowest BCUT2D eigenvalue weighted by molar-refractivity contribution is 0.101. The summed E-state index contributed by atoms with van der Waals surface area (Å²) in [4.78, 5) is 11.9. The highest BCUT2D eigenvalue weighted by Crippen LogP contribution is 2.15. The molecule has 0 aliphatic rings. The minimum absolute atomic E-state index is 0.102. The van der Waals surface area contributed by atoms with Gasteiger partial charge in [0.1, 0.15) is 0 Å². The highest BCUT2D eigenvalue weighted by atomic mass is 32.2. The van der Waals surface area contributed by atoms with Gasteiger partial charge in [-0.05, 0) is 34.6 Å². The number of anilines is 2. The molecule has 1 aromatic carbocycles. The van der Waals surface area contributed by atoms with Crippen molar-refractivity contribution in [3.05, 3.63) is 30.0 Å². The van der Waals surface area contributed by atoms with Crippen molar-refractivity contribution in [3.8, 4) is 0 Å². The smallest absolute Gasteiger partial charge is 0.281 e. The summed E-state index contributed by atoms with van der Waals surface area (Å²) in [5, 5.41) is 9.15. The lowest BCUT2D eigenvalue weighted by atomic mass is 10.3. The van der Waals surface area contributed by atoms with Gasteiger partial charge in [0, 0.05) is 12.2 Å². The van der Waals surface area contributed by atoms with E-state index in [1.165, 1.54) is 24.3 Å². The van der Waals surface area contributed by atoms with Crippen LogP contribution in [0.5, 0.6) is 0 Å². The first-order valence-electron chi connectivity index (χ1n) is 5.93. The topological polar surface area (TPSA) is 140 Å². The van der Waals surface area contributed by atoms with Gasteiger partial charge in [0.05, 0.1) is 4.90 Å². The molecule has 0 atom stereocenters. The van der Waals surface area contributed by atoms with Crippen LogP contribution < -0.4 is 15.8 Å². The van der Waals surface area contributed by atoms with Gasteiger partial charge in [0.15, 0.2) is 0 Å². The van der Waals surface area contributed by atoms with Crippen LogP contribution in [0.2, 0.25) is 0 Å². The summed E-state index contributed by atoms with van der Waals surface area (Å²) < 4.78 is 30.2. The summed E-state index contributed by atoms with van der Waals surface area (Å²) >= 11 is 0. The summed E-state index contributed by atoms with van der Waals surface area (Å²) in [6, 6.07) is 5.65. The number of nitrogens with one attached hydrogen (secondary N) is 2. The van der Waals surface area contributed by atoms with Crippen LogP contribution in [-0.4, -0.2) is 31.2 Å². The number of rotatable bonds is 5. The van der Waals surface area contributed by atoms with E-state index in [9.17, 15) is 13.2 Å². The monoisotopic (exact) mass is 311 g/mol. The van der Waals surface area contributed by atoms with Gasteiger partial charge in [-0.3, -0.25) is 4.79 Å². The number of hydrogen-bond acceptors (Lipinski definition) is 7. The first-order valence-corrected chi connectivity index (χ1v) is 7.41. The molecule has 0 saturated carbocycles. The molecule has 0 fully saturated rings. The van der Waals surface area contributed by atoms with E-state index in [2.05, 4.69) is 25.0 Å². The normalized spacial score (nSPS) is 11.3. The molecule has 21 heavy (non-hydrogen) atoms.